The van der Waals surface area contributed by atoms with Gasteiger partial charge < -0.3 is 21.5 Å². The number of primary amides is 1. The van der Waals surface area contributed by atoms with Crippen LogP contribution >= 0.6 is 11.3 Å². The highest BCUT2D eigenvalue weighted by Gasteiger charge is 2.21. The van der Waals surface area contributed by atoms with E-state index in [1.165, 1.54) is 18.3 Å². The van der Waals surface area contributed by atoms with Gasteiger partial charge >= 0.3 is 0 Å². The van der Waals surface area contributed by atoms with Crippen molar-refractivity contribution in [3.63, 3.8) is 0 Å². The highest BCUT2D eigenvalue weighted by Crippen LogP contribution is 2.35. The number of amides is 1. The van der Waals surface area contributed by atoms with Crippen LogP contribution in [0.5, 0.6) is 0 Å². The fourth-order valence-corrected chi connectivity index (χ4v) is 2.87. The van der Waals surface area contributed by atoms with E-state index in [9.17, 15) is 9.59 Å². The van der Waals surface area contributed by atoms with Gasteiger partial charge in [-0.2, -0.15) is 0 Å². The van der Waals surface area contributed by atoms with Crippen molar-refractivity contribution in [2.75, 3.05) is 24.2 Å². The molecule has 118 valence electrons. The molecule has 0 aliphatic rings. The van der Waals surface area contributed by atoms with E-state index in [1.807, 2.05) is 13.8 Å². The number of nitrogens with two attached hydrogens (primary N) is 2. The lowest BCUT2D eigenvalue weighted by molar-refractivity contribution is 0.0765. The fraction of sp³-hybridized carbons (Fsp3) is 0.571. The number of ether oxygens (including phenoxy) is 1. The summed E-state index contributed by atoms with van der Waals surface area (Å²) in [6.45, 7) is 6.77. The summed E-state index contributed by atoms with van der Waals surface area (Å²) in [6.07, 6.45) is 2.03. The molecule has 1 rings (SSSR count). The summed E-state index contributed by atoms with van der Waals surface area (Å²) in [5, 5.41) is 3.69. The first-order valence-electron chi connectivity index (χ1n) is 6.93. The molecule has 0 saturated heterocycles. The van der Waals surface area contributed by atoms with Crippen molar-refractivity contribution in [1.29, 1.82) is 0 Å². The van der Waals surface area contributed by atoms with E-state index in [0.717, 1.165) is 12.8 Å². The summed E-state index contributed by atoms with van der Waals surface area (Å²) < 4.78 is 5.45. The molecular weight excluding hydrogens is 290 g/mol. The Labute approximate surface area is 128 Å². The van der Waals surface area contributed by atoms with Gasteiger partial charge in [0.15, 0.2) is 5.78 Å². The summed E-state index contributed by atoms with van der Waals surface area (Å²) in [7, 11) is 0. The standard InChI is InChI=1S/C14H23N3O3S/c1-8(2)20-7-5-4-6-17-14-10(13(16)19)11(15)12(21-14)9(3)18/h8,17H,4-7,15H2,1-3H3,(H2,16,19). The molecule has 0 aliphatic heterocycles. The Kier molecular flexibility index (Phi) is 6.64. The summed E-state index contributed by atoms with van der Waals surface area (Å²) >= 11 is 1.17. The zero-order valence-electron chi connectivity index (χ0n) is 12.7. The molecule has 1 heterocycles. The number of rotatable bonds is 9. The monoisotopic (exact) mass is 313 g/mol. The van der Waals surface area contributed by atoms with Gasteiger partial charge in [-0.3, -0.25) is 9.59 Å². The van der Waals surface area contributed by atoms with Gasteiger partial charge in [0.25, 0.3) is 5.91 Å². The predicted octanol–water partition coefficient (Wildman–Crippen LogP) is 2.25. The van der Waals surface area contributed by atoms with Crippen LogP contribution in [0.2, 0.25) is 0 Å². The minimum absolute atomic E-state index is 0.168. The third kappa shape index (κ3) is 5.02. The molecular formula is C14H23N3O3S. The number of anilines is 2. The normalized spacial score (nSPS) is 10.9. The van der Waals surface area contributed by atoms with Crippen LogP contribution in [0.15, 0.2) is 0 Å². The first-order chi connectivity index (χ1) is 9.84. The van der Waals surface area contributed by atoms with Crippen LogP contribution in [0, 0.1) is 0 Å². The van der Waals surface area contributed by atoms with Gasteiger partial charge in [-0.15, -0.1) is 11.3 Å². The molecule has 0 aromatic carbocycles. The van der Waals surface area contributed by atoms with Crippen LogP contribution in [0.25, 0.3) is 0 Å². The maximum atomic E-state index is 11.5. The van der Waals surface area contributed by atoms with Crippen molar-refractivity contribution in [1.82, 2.24) is 0 Å². The van der Waals surface area contributed by atoms with Gasteiger partial charge in [0.05, 0.1) is 22.2 Å². The van der Waals surface area contributed by atoms with Crippen molar-refractivity contribution in [3.8, 4) is 0 Å². The Morgan fingerprint density at radius 1 is 1.33 bits per heavy atom. The topological polar surface area (TPSA) is 107 Å². The van der Waals surface area contributed by atoms with Crippen LogP contribution in [0.1, 0.15) is 53.6 Å². The molecule has 6 nitrogen and oxygen atoms in total. The number of unbranched alkanes of at least 4 members (excludes halogenated alkanes) is 1. The van der Waals surface area contributed by atoms with Crippen molar-refractivity contribution in [3.05, 3.63) is 10.4 Å². The molecule has 0 atom stereocenters. The Hall–Kier alpha value is -1.60. The Balaban J connectivity index is 2.60. The summed E-state index contributed by atoms with van der Waals surface area (Å²) in [6, 6.07) is 0. The highest BCUT2D eigenvalue weighted by atomic mass is 32.1. The van der Waals surface area contributed by atoms with Crippen molar-refractivity contribution in [2.45, 2.75) is 39.7 Å². The van der Waals surface area contributed by atoms with Gasteiger partial charge in [-0.25, -0.2) is 0 Å². The molecule has 0 bridgehead atoms. The third-order valence-corrected chi connectivity index (χ3v) is 4.08. The van der Waals surface area contributed by atoms with E-state index in [0.29, 0.717) is 23.0 Å². The summed E-state index contributed by atoms with van der Waals surface area (Å²) in [5.41, 5.74) is 11.5. The van der Waals surface area contributed by atoms with E-state index in [2.05, 4.69) is 5.32 Å². The lowest BCUT2D eigenvalue weighted by atomic mass is 10.2. The Morgan fingerprint density at radius 3 is 2.52 bits per heavy atom. The van der Waals surface area contributed by atoms with Crippen molar-refractivity contribution < 1.29 is 14.3 Å². The van der Waals surface area contributed by atoms with Crippen LogP contribution in [-0.2, 0) is 4.74 Å². The maximum Gasteiger partial charge on any atom is 0.253 e. The zero-order chi connectivity index (χ0) is 16.0. The lowest BCUT2D eigenvalue weighted by Crippen LogP contribution is -2.15. The molecule has 0 unspecified atom stereocenters. The fourth-order valence-electron chi connectivity index (χ4n) is 1.82. The summed E-state index contributed by atoms with van der Waals surface area (Å²) in [5.74, 6) is -0.791. The van der Waals surface area contributed by atoms with E-state index in [1.54, 1.807) is 0 Å². The molecule has 7 heteroatoms. The minimum Gasteiger partial charge on any atom is -0.397 e. The van der Waals surface area contributed by atoms with Gasteiger partial charge in [0, 0.05) is 20.1 Å². The Bertz CT molecular complexity index is 512. The lowest BCUT2D eigenvalue weighted by Gasteiger charge is -2.08. The maximum absolute atomic E-state index is 11.5. The average molecular weight is 313 g/mol. The number of ketones is 1. The van der Waals surface area contributed by atoms with E-state index >= 15 is 0 Å². The number of Topliss-reactive ketones (excluding diaryl/α,β-unsaturated/α-hetero) is 1. The van der Waals surface area contributed by atoms with Gasteiger partial charge in [-0.05, 0) is 26.7 Å². The molecule has 5 N–H and O–H groups in total. The first-order valence-corrected chi connectivity index (χ1v) is 7.74. The quantitative estimate of drug-likeness (QED) is 0.479. The number of nitrogen functional groups attached to an aromatic ring is 1. The van der Waals surface area contributed by atoms with Crippen molar-refractivity contribution in [2.24, 2.45) is 5.73 Å². The third-order valence-electron chi connectivity index (χ3n) is 2.82. The number of hydrogen-bond acceptors (Lipinski definition) is 6. The smallest absolute Gasteiger partial charge is 0.253 e. The zero-order valence-corrected chi connectivity index (χ0v) is 13.5. The molecule has 0 spiro atoms. The van der Waals surface area contributed by atoms with Crippen LogP contribution in [0.3, 0.4) is 0 Å². The predicted molar refractivity (Wildman–Crippen MR) is 86.1 cm³/mol. The second-order valence-electron chi connectivity index (χ2n) is 5.02. The van der Waals surface area contributed by atoms with Crippen LogP contribution in [-0.4, -0.2) is 30.9 Å². The molecule has 0 radical (unpaired) electrons. The Morgan fingerprint density at radius 2 is 2.00 bits per heavy atom. The van der Waals surface area contributed by atoms with E-state index in [4.69, 9.17) is 16.2 Å². The molecule has 0 saturated carbocycles. The van der Waals surface area contributed by atoms with Gasteiger partial charge in [0.1, 0.15) is 5.00 Å². The van der Waals surface area contributed by atoms with Gasteiger partial charge in [0.2, 0.25) is 0 Å². The van der Waals surface area contributed by atoms with Crippen LogP contribution in [0.4, 0.5) is 10.7 Å². The van der Waals surface area contributed by atoms with Gasteiger partial charge in [-0.1, -0.05) is 0 Å². The SMILES string of the molecule is CC(=O)c1sc(NCCCCOC(C)C)c(C(N)=O)c1N. The molecule has 1 amide bonds. The molecule has 0 aliphatic carbocycles. The van der Waals surface area contributed by atoms with Crippen LogP contribution < -0.4 is 16.8 Å². The number of hydrogen-bond donors (Lipinski definition) is 3. The summed E-state index contributed by atoms with van der Waals surface area (Å²) in [4.78, 5) is 23.3. The number of nitrogens with one attached hydrogen (secondary N) is 1. The number of carbonyl (C=O) groups is 2. The molecule has 1 aromatic rings. The van der Waals surface area contributed by atoms with E-state index in [-0.39, 0.29) is 23.1 Å². The minimum atomic E-state index is -0.623. The molecule has 1 aromatic heterocycles. The molecule has 21 heavy (non-hydrogen) atoms. The number of thiophene rings is 1. The number of carbonyl (C=O) groups excluding carboxylic acids is 2. The first kappa shape index (κ1) is 17.5. The largest absolute Gasteiger partial charge is 0.397 e. The highest BCUT2D eigenvalue weighted by molar-refractivity contribution is 7.19. The second kappa shape index (κ2) is 7.99. The van der Waals surface area contributed by atoms with Crippen molar-refractivity contribution >= 4 is 33.7 Å². The molecule has 0 fully saturated rings. The van der Waals surface area contributed by atoms with E-state index < -0.39 is 5.91 Å². The average Bonchev–Trinajstić information content (AvgIpc) is 2.70. The second-order valence-corrected chi connectivity index (χ2v) is 6.04.